The molecular formula is C18H37N3O2. The Labute approximate surface area is 142 Å². The van der Waals surface area contributed by atoms with Crippen molar-refractivity contribution in [3.05, 3.63) is 0 Å². The average molecular weight is 328 g/mol. The zero-order valence-corrected chi connectivity index (χ0v) is 15.5. The van der Waals surface area contributed by atoms with Gasteiger partial charge < -0.3 is 20.1 Å². The van der Waals surface area contributed by atoms with Gasteiger partial charge in [-0.3, -0.25) is 4.99 Å². The molecule has 0 atom stereocenters. The molecule has 23 heavy (non-hydrogen) atoms. The molecule has 1 saturated carbocycles. The SMILES string of the molecule is CCNC(=NCC1(CCOC)CCCC1)NCCCCOCC. The highest BCUT2D eigenvalue weighted by molar-refractivity contribution is 5.79. The van der Waals surface area contributed by atoms with Gasteiger partial charge in [0.25, 0.3) is 0 Å². The van der Waals surface area contributed by atoms with Crippen LogP contribution in [0.25, 0.3) is 0 Å². The summed E-state index contributed by atoms with van der Waals surface area (Å²) in [6.45, 7) is 9.41. The van der Waals surface area contributed by atoms with E-state index in [1.807, 2.05) is 6.92 Å². The maximum Gasteiger partial charge on any atom is 0.191 e. The third-order valence-electron chi connectivity index (χ3n) is 4.63. The van der Waals surface area contributed by atoms with E-state index in [1.165, 1.54) is 25.7 Å². The van der Waals surface area contributed by atoms with E-state index in [0.29, 0.717) is 5.41 Å². The summed E-state index contributed by atoms with van der Waals surface area (Å²) in [5.74, 6) is 0.951. The van der Waals surface area contributed by atoms with Crippen LogP contribution in [0.2, 0.25) is 0 Å². The van der Waals surface area contributed by atoms with Gasteiger partial charge in [-0.2, -0.15) is 0 Å². The molecule has 0 radical (unpaired) electrons. The Morgan fingerprint density at radius 3 is 2.52 bits per heavy atom. The highest BCUT2D eigenvalue weighted by Gasteiger charge is 2.33. The van der Waals surface area contributed by atoms with E-state index >= 15 is 0 Å². The van der Waals surface area contributed by atoms with Crippen molar-refractivity contribution in [1.29, 1.82) is 0 Å². The summed E-state index contributed by atoms with van der Waals surface area (Å²) < 4.78 is 10.7. The monoisotopic (exact) mass is 327 g/mol. The molecule has 0 spiro atoms. The van der Waals surface area contributed by atoms with Gasteiger partial charge in [0.2, 0.25) is 0 Å². The first-order chi connectivity index (χ1) is 11.3. The van der Waals surface area contributed by atoms with Crippen molar-refractivity contribution in [3.63, 3.8) is 0 Å². The molecule has 0 heterocycles. The topological polar surface area (TPSA) is 54.9 Å². The van der Waals surface area contributed by atoms with Crippen molar-refractivity contribution < 1.29 is 9.47 Å². The van der Waals surface area contributed by atoms with Crippen molar-refractivity contribution >= 4 is 5.96 Å². The summed E-state index contributed by atoms with van der Waals surface area (Å²) in [5.41, 5.74) is 0.354. The number of unbranched alkanes of at least 4 members (excludes halogenated alkanes) is 1. The fourth-order valence-corrected chi connectivity index (χ4v) is 3.20. The second-order valence-corrected chi connectivity index (χ2v) is 6.48. The molecular weight excluding hydrogens is 290 g/mol. The average Bonchev–Trinajstić information content (AvgIpc) is 3.03. The van der Waals surface area contributed by atoms with Crippen LogP contribution in [0.1, 0.15) is 58.8 Å². The van der Waals surface area contributed by atoms with Crippen molar-refractivity contribution in [3.8, 4) is 0 Å². The molecule has 0 aromatic carbocycles. The van der Waals surface area contributed by atoms with Crippen LogP contribution >= 0.6 is 0 Å². The van der Waals surface area contributed by atoms with Crippen LogP contribution in [0.15, 0.2) is 4.99 Å². The van der Waals surface area contributed by atoms with Gasteiger partial charge >= 0.3 is 0 Å². The Bertz CT molecular complexity index is 315. The highest BCUT2D eigenvalue weighted by Crippen LogP contribution is 2.41. The molecule has 0 aliphatic heterocycles. The zero-order valence-electron chi connectivity index (χ0n) is 15.5. The van der Waals surface area contributed by atoms with Crippen molar-refractivity contribution in [1.82, 2.24) is 10.6 Å². The molecule has 136 valence electrons. The molecule has 0 bridgehead atoms. The molecule has 1 fully saturated rings. The lowest BCUT2D eigenvalue weighted by atomic mass is 9.83. The van der Waals surface area contributed by atoms with Crippen molar-refractivity contribution in [2.24, 2.45) is 10.4 Å². The van der Waals surface area contributed by atoms with E-state index in [0.717, 1.165) is 64.7 Å². The second-order valence-electron chi connectivity index (χ2n) is 6.48. The molecule has 1 aliphatic rings. The lowest BCUT2D eigenvalue weighted by molar-refractivity contribution is 0.141. The summed E-state index contributed by atoms with van der Waals surface area (Å²) in [7, 11) is 1.79. The van der Waals surface area contributed by atoms with E-state index < -0.39 is 0 Å². The fourth-order valence-electron chi connectivity index (χ4n) is 3.20. The smallest absolute Gasteiger partial charge is 0.191 e. The van der Waals surface area contributed by atoms with E-state index in [-0.39, 0.29) is 0 Å². The fraction of sp³-hybridized carbons (Fsp3) is 0.944. The minimum absolute atomic E-state index is 0.354. The quantitative estimate of drug-likeness (QED) is 0.329. The van der Waals surface area contributed by atoms with Crippen LogP contribution in [0.5, 0.6) is 0 Å². The molecule has 5 heteroatoms. The highest BCUT2D eigenvalue weighted by atomic mass is 16.5. The second kappa shape index (κ2) is 12.6. The standard InChI is InChI=1S/C18H37N3O2/c1-4-19-17(20-13-8-9-14-23-5-2)21-16-18(12-15-22-3)10-6-7-11-18/h4-16H2,1-3H3,(H2,19,20,21). The largest absolute Gasteiger partial charge is 0.385 e. The Morgan fingerprint density at radius 2 is 1.87 bits per heavy atom. The first-order valence-electron chi connectivity index (χ1n) is 9.35. The number of methoxy groups -OCH3 is 1. The summed E-state index contributed by atoms with van der Waals surface area (Å²) >= 11 is 0. The van der Waals surface area contributed by atoms with Crippen LogP contribution in [0.4, 0.5) is 0 Å². The van der Waals surface area contributed by atoms with Gasteiger partial charge in [0, 0.05) is 46.6 Å². The third-order valence-corrected chi connectivity index (χ3v) is 4.63. The molecule has 0 saturated heterocycles. The van der Waals surface area contributed by atoms with Gasteiger partial charge in [0.15, 0.2) is 5.96 Å². The van der Waals surface area contributed by atoms with E-state index in [2.05, 4.69) is 17.6 Å². The first-order valence-corrected chi connectivity index (χ1v) is 9.35. The number of guanidine groups is 1. The molecule has 0 aromatic rings. The lowest BCUT2D eigenvalue weighted by Crippen LogP contribution is -2.39. The van der Waals surface area contributed by atoms with Crippen molar-refractivity contribution in [2.75, 3.05) is 46.6 Å². The van der Waals surface area contributed by atoms with Crippen LogP contribution < -0.4 is 10.6 Å². The summed E-state index contributed by atoms with van der Waals surface area (Å²) in [6, 6.07) is 0. The minimum atomic E-state index is 0.354. The predicted octanol–water partition coefficient (Wildman–Crippen LogP) is 2.96. The molecule has 0 unspecified atom stereocenters. The third kappa shape index (κ3) is 8.56. The molecule has 2 N–H and O–H groups in total. The number of rotatable bonds is 12. The number of ether oxygens (including phenoxy) is 2. The van der Waals surface area contributed by atoms with Crippen molar-refractivity contribution in [2.45, 2.75) is 58.8 Å². The van der Waals surface area contributed by atoms with Crippen LogP contribution in [0, 0.1) is 5.41 Å². The molecule has 0 aromatic heterocycles. The van der Waals surface area contributed by atoms with E-state index in [1.54, 1.807) is 7.11 Å². The van der Waals surface area contributed by atoms with Gasteiger partial charge in [0.05, 0.1) is 0 Å². The maximum atomic E-state index is 5.37. The zero-order chi connectivity index (χ0) is 16.8. The normalized spacial score (nSPS) is 17.4. The number of hydrogen-bond donors (Lipinski definition) is 2. The van der Waals surface area contributed by atoms with Gasteiger partial charge in [-0.25, -0.2) is 0 Å². The first kappa shape index (κ1) is 20.2. The molecule has 1 rings (SSSR count). The number of aliphatic imine (C=N–C) groups is 1. The van der Waals surface area contributed by atoms with Gasteiger partial charge in [-0.1, -0.05) is 12.8 Å². The van der Waals surface area contributed by atoms with E-state index in [4.69, 9.17) is 14.5 Å². The molecule has 5 nitrogen and oxygen atoms in total. The van der Waals surface area contributed by atoms with Crippen LogP contribution in [-0.2, 0) is 9.47 Å². The van der Waals surface area contributed by atoms with Gasteiger partial charge in [0.1, 0.15) is 0 Å². The van der Waals surface area contributed by atoms with Crippen LogP contribution in [0.3, 0.4) is 0 Å². The van der Waals surface area contributed by atoms with Gasteiger partial charge in [-0.15, -0.1) is 0 Å². The summed E-state index contributed by atoms with van der Waals surface area (Å²) in [6.07, 6.45) is 8.57. The van der Waals surface area contributed by atoms with Crippen LogP contribution in [-0.4, -0.2) is 52.5 Å². The summed E-state index contributed by atoms with van der Waals surface area (Å²) in [5, 5.41) is 6.81. The Hall–Kier alpha value is -0.810. The number of nitrogens with zero attached hydrogens (tertiary/aromatic N) is 1. The lowest BCUT2D eigenvalue weighted by Gasteiger charge is -2.27. The molecule has 1 aliphatic carbocycles. The Balaban J connectivity index is 2.39. The van der Waals surface area contributed by atoms with E-state index in [9.17, 15) is 0 Å². The minimum Gasteiger partial charge on any atom is -0.385 e. The predicted molar refractivity (Wildman–Crippen MR) is 97.1 cm³/mol. The Morgan fingerprint density at radius 1 is 1.09 bits per heavy atom. The maximum absolute atomic E-state index is 5.37. The number of hydrogen-bond acceptors (Lipinski definition) is 3. The summed E-state index contributed by atoms with van der Waals surface area (Å²) in [4.78, 5) is 4.86. The Kier molecular flexibility index (Phi) is 11.1. The molecule has 0 amide bonds. The number of nitrogens with one attached hydrogen (secondary N) is 2. The van der Waals surface area contributed by atoms with Gasteiger partial charge in [-0.05, 0) is 51.4 Å².